The highest BCUT2D eigenvalue weighted by atomic mass is 127. The third kappa shape index (κ3) is 3.86. The lowest BCUT2D eigenvalue weighted by molar-refractivity contribution is 0.296. The minimum Gasteiger partial charge on any atom is -0.394 e. The standard InChI is InChI=1S/C8H15IN4/c9-7(10)1-2-8(11)13-5-3-12-4-6-13/h1-2,12H,3-6,10-11H2/b7-1-,8-2+. The predicted molar refractivity (Wildman–Crippen MR) is 63.0 cm³/mol. The normalized spacial score (nSPS) is 20.5. The van der Waals surface area contributed by atoms with Gasteiger partial charge in [-0.15, -0.1) is 0 Å². The van der Waals surface area contributed by atoms with Gasteiger partial charge in [-0.2, -0.15) is 0 Å². The number of hydrogen-bond donors (Lipinski definition) is 3. The Morgan fingerprint density at radius 1 is 1.23 bits per heavy atom. The summed E-state index contributed by atoms with van der Waals surface area (Å²) in [7, 11) is 0. The molecule has 4 nitrogen and oxygen atoms in total. The van der Waals surface area contributed by atoms with Crippen LogP contribution in [0.15, 0.2) is 21.7 Å². The number of piperazine rings is 1. The van der Waals surface area contributed by atoms with Crippen molar-refractivity contribution in [1.82, 2.24) is 10.2 Å². The monoisotopic (exact) mass is 294 g/mol. The van der Waals surface area contributed by atoms with Crippen molar-refractivity contribution in [2.45, 2.75) is 0 Å². The summed E-state index contributed by atoms with van der Waals surface area (Å²) in [5.41, 5.74) is 11.3. The van der Waals surface area contributed by atoms with Gasteiger partial charge >= 0.3 is 0 Å². The van der Waals surface area contributed by atoms with Gasteiger partial charge in [-0.05, 0) is 34.7 Å². The molecule has 0 atom stereocenters. The van der Waals surface area contributed by atoms with Crippen LogP contribution in [0.5, 0.6) is 0 Å². The molecule has 1 aliphatic rings. The molecule has 5 N–H and O–H groups in total. The van der Waals surface area contributed by atoms with Gasteiger partial charge in [0, 0.05) is 26.2 Å². The molecule has 0 aromatic heterocycles. The molecule has 0 aliphatic carbocycles. The van der Waals surface area contributed by atoms with Gasteiger partial charge in [0.25, 0.3) is 0 Å². The summed E-state index contributed by atoms with van der Waals surface area (Å²) in [5, 5.41) is 3.27. The van der Waals surface area contributed by atoms with Crippen LogP contribution in [0, 0.1) is 0 Å². The van der Waals surface area contributed by atoms with Crippen molar-refractivity contribution in [3.63, 3.8) is 0 Å². The molecule has 74 valence electrons. The fraction of sp³-hybridized carbons (Fsp3) is 0.500. The van der Waals surface area contributed by atoms with Crippen LogP contribution in [-0.4, -0.2) is 31.1 Å². The molecule has 5 heteroatoms. The zero-order chi connectivity index (χ0) is 9.68. The van der Waals surface area contributed by atoms with Crippen LogP contribution in [0.25, 0.3) is 0 Å². The van der Waals surface area contributed by atoms with Crippen molar-refractivity contribution < 1.29 is 0 Å². The summed E-state index contributed by atoms with van der Waals surface area (Å²) in [6.45, 7) is 3.94. The zero-order valence-electron chi connectivity index (χ0n) is 7.46. The largest absolute Gasteiger partial charge is 0.394 e. The Kier molecular flexibility index (Phi) is 4.37. The second-order valence-corrected chi connectivity index (χ2v) is 4.13. The molecule has 0 radical (unpaired) electrons. The van der Waals surface area contributed by atoms with Crippen LogP contribution in [0.4, 0.5) is 0 Å². The highest BCUT2D eigenvalue weighted by Crippen LogP contribution is 2.02. The van der Waals surface area contributed by atoms with E-state index in [0.29, 0.717) is 0 Å². The molecule has 0 bridgehead atoms. The van der Waals surface area contributed by atoms with Crippen molar-refractivity contribution in [1.29, 1.82) is 0 Å². The summed E-state index contributed by atoms with van der Waals surface area (Å²) in [6, 6.07) is 0. The van der Waals surface area contributed by atoms with E-state index in [2.05, 4.69) is 32.8 Å². The molecule has 0 unspecified atom stereocenters. The molecular weight excluding hydrogens is 279 g/mol. The van der Waals surface area contributed by atoms with E-state index in [0.717, 1.165) is 35.7 Å². The summed E-state index contributed by atoms with van der Waals surface area (Å²) in [4.78, 5) is 2.15. The SMILES string of the molecule is N/C(I)=C\C=C(/N)N1CCNCC1. The second-order valence-electron chi connectivity index (χ2n) is 2.88. The first-order chi connectivity index (χ1) is 6.20. The molecule has 1 aliphatic heterocycles. The maximum Gasteiger partial charge on any atom is 0.0988 e. The predicted octanol–water partition coefficient (Wildman–Crippen LogP) is -0.0732. The molecule has 0 aromatic carbocycles. The fourth-order valence-corrected chi connectivity index (χ4v) is 1.37. The smallest absolute Gasteiger partial charge is 0.0988 e. The van der Waals surface area contributed by atoms with E-state index in [9.17, 15) is 0 Å². The Bertz CT molecular complexity index is 214. The molecule has 13 heavy (non-hydrogen) atoms. The van der Waals surface area contributed by atoms with Gasteiger partial charge in [-0.25, -0.2) is 0 Å². The van der Waals surface area contributed by atoms with Gasteiger partial charge in [-0.3, -0.25) is 0 Å². The molecular formula is C8H15IN4. The molecule has 0 spiro atoms. The van der Waals surface area contributed by atoms with Gasteiger partial charge in [0.1, 0.15) is 0 Å². The van der Waals surface area contributed by atoms with Crippen molar-refractivity contribution in [3.05, 3.63) is 21.7 Å². The molecule has 0 aromatic rings. The molecule has 1 heterocycles. The molecule has 0 saturated carbocycles. The first-order valence-electron chi connectivity index (χ1n) is 4.24. The van der Waals surface area contributed by atoms with Crippen molar-refractivity contribution in [2.75, 3.05) is 26.2 Å². The summed E-state index contributed by atoms with van der Waals surface area (Å²) in [6.07, 6.45) is 3.67. The summed E-state index contributed by atoms with van der Waals surface area (Å²) >= 11 is 2.05. The van der Waals surface area contributed by atoms with Crippen LogP contribution < -0.4 is 16.8 Å². The van der Waals surface area contributed by atoms with Crippen molar-refractivity contribution in [2.24, 2.45) is 11.5 Å². The Labute approximate surface area is 92.2 Å². The van der Waals surface area contributed by atoms with Crippen LogP contribution in [0.1, 0.15) is 0 Å². The third-order valence-corrected chi connectivity index (χ3v) is 2.26. The molecule has 0 amide bonds. The van der Waals surface area contributed by atoms with Gasteiger partial charge in [0.15, 0.2) is 0 Å². The lowest BCUT2D eigenvalue weighted by Gasteiger charge is -2.29. The Balaban J connectivity index is 2.49. The van der Waals surface area contributed by atoms with Crippen molar-refractivity contribution in [3.8, 4) is 0 Å². The average Bonchev–Trinajstić information content (AvgIpc) is 2.15. The van der Waals surface area contributed by atoms with E-state index in [1.165, 1.54) is 0 Å². The minimum absolute atomic E-state index is 0.746. The van der Waals surface area contributed by atoms with Gasteiger partial charge in [-0.1, -0.05) is 0 Å². The van der Waals surface area contributed by atoms with E-state index < -0.39 is 0 Å². The maximum atomic E-state index is 5.85. The van der Waals surface area contributed by atoms with Crippen LogP contribution >= 0.6 is 22.6 Å². The number of rotatable bonds is 2. The van der Waals surface area contributed by atoms with E-state index >= 15 is 0 Å². The summed E-state index contributed by atoms with van der Waals surface area (Å²) < 4.78 is 0.746. The zero-order valence-corrected chi connectivity index (χ0v) is 9.62. The van der Waals surface area contributed by atoms with Gasteiger partial charge in [0.2, 0.25) is 0 Å². The van der Waals surface area contributed by atoms with Crippen molar-refractivity contribution >= 4 is 22.6 Å². The second kappa shape index (κ2) is 5.33. The fourth-order valence-electron chi connectivity index (χ4n) is 1.19. The van der Waals surface area contributed by atoms with Crippen LogP contribution in [0.2, 0.25) is 0 Å². The number of halogens is 1. The Hall–Kier alpha value is -0.430. The third-order valence-electron chi connectivity index (χ3n) is 1.90. The Morgan fingerprint density at radius 3 is 2.38 bits per heavy atom. The van der Waals surface area contributed by atoms with E-state index in [1.54, 1.807) is 0 Å². The topological polar surface area (TPSA) is 67.3 Å². The Morgan fingerprint density at radius 2 is 1.85 bits per heavy atom. The maximum absolute atomic E-state index is 5.85. The number of nitrogens with one attached hydrogen (secondary N) is 1. The summed E-state index contributed by atoms with van der Waals surface area (Å²) in [5.74, 6) is 0.793. The number of allylic oxidation sites excluding steroid dienone is 2. The van der Waals surface area contributed by atoms with Crippen LogP contribution in [0.3, 0.4) is 0 Å². The first kappa shape index (κ1) is 10.6. The average molecular weight is 294 g/mol. The molecule has 1 saturated heterocycles. The van der Waals surface area contributed by atoms with Crippen LogP contribution in [-0.2, 0) is 0 Å². The number of hydrogen-bond acceptors (Lipinski definition) is 4. The van der Waals surface area contributed by atoms with Gasteiger partial charge in [0.05, 0.1) is 9.52 Å². The molecule has 1 rings (SSSR count). The highest BCUT2D eigenvalue weighted by molar-refractivity contribution is 14.1. The first-order valence-corrected chi connectivity index (χ1v) is 5.32. The lowest BCUT2D eigenvalue weighted by atomic mass is 10.3. The molecule has 1 fully saturated rings. The van der Waals surface area contributed by atoms with Gasteiger partial charge < -0.3 is 21.7 Å². The van der Waals surface area contributed by atoms with E-state index in [4.69, 9.17) is 11.5 Å². The lowest BCUT2D eigenvalue weighted by Crippen LogP contribution is -2.44. The highest BCUT2D eigenvalue weighted by Gasteiger charge is 2.08. The number of nitrogens with two attached hydrogens (primary N) is 2. The number of nitrogens with zero attached hydrogens (tertiary/aromatic N) is 1. The van der Waals surface area contributed by atoms with E-state index in [1.807, 2.05) is 12.2 Å². The quantitative estimate of drug-likeness (QED) is 0.379. The minimum atomic E-state index is 0.746. The van der Waals surface area contributed by atoms with E-state index in [-0.39, 0.29) is 0 Å².